The van der Waals surface area contributed by atoms with Gasteiger partial charge in [-0.15, -0.1) is 0 Å². The zero-order valence-electron chi connectivity index (χ0n) is 13.8. The molecule has 0 heterocycles. The van der Waals surface area contributed by atoms with Crippen molar-refractivity contribution in [1.82, 2.24) is 0 Å². The van der Waals surface area contributed by atoms with Crippen molar-refractivity contribution in [2.75, 3.05) is 17.9 Å². The third-order valence-electron chi connectivity index (χ3n) is 3.42. The first-order valence-electron chi connectivity index (χ1n) is 7.67. The third-order valence-corrected chi connectivity index (χ3v) is 4.87. The number of hydrogen-bond donors (Lipinski definition) is 2. The first-order valence-corrected chi connectivity index (χ1v) is 9.15. The molecule has 140 valence electrons. The summed E-state index contributed by atoms with van der Waals surface area (Å²) in [6.45, 7) is 1.37. The highest BCUT2D eigenvalue weighted by Crippen LogP contribution is 2.24. The number of nitrogens with one attached hydrogen (secondary N) is 1. The Morgan fingerprint density at radius 1 is 1.19 bits per heavy atom. The van der Waals surface area contributed by atoms with Gasteiger partial charge in [0.05, 0.1) is 22.8 Å². The van der Waals surface area contributed by atoms with Gasteiger partial charge >= 0.3 is 5.97 Å². The maximum atomic E-state index is 14.2. The molecule has 0 fully saturated rings. The minimum Gasteiger partial charge on any atom is -0.462 e. The van der Waals surface area contributed by atoms with Crippen LogP contribution in [0.5, 0.6) is 0 Å². The van der Waals surface area contributed by atoms with Crippen LogP contribution in [-0.2, 0) is 21.2 Å². The van der Waals surface area contributed by atoms with Crippen LogP contribution >= 0.6 is 0 Å². The lowest BCUT2D eigenvalue weighted by Gasteiger charge is -2.13. The molecule has 0 radical (unpaired) electrons. The van der Waals surface area contributed by atoms with E-state index in [1.807, 2.05) is 4.72 Å². The molecule has 0 bridgehead atoms. The fourth-order valence-corrected chi connectivity index (χ4v) is 3.59. The first-order chi connectivity index (χ1) is 12.3. The quantitative estimate of drug-likeness (QED) is 0.715. The molecule has 0 aliphatic heterocycles. The topological polar surface area (TPSA) is 92.7 Å². The van der Waals surface area contributed by atoms with Gasteiger partial charge in [-0.3, -0.25) is 4.72 Å². The van der Waals surface area contributed by atoms with Crippen molar-refractivity contribution < 1.29 is 31.8 Å². The van der Waals surface area contributed by atoms with Gasteiger partial charge in [0.1, 0.15) is 11.6 Å². The normalized spacial score (nSPS) is 11.2. The second-order valence-corrected chi connectivity index (χ2v) is 6.90. The molecule has 26 heavy (non-hydrogen) atoms. The molecule has 2 N–H and O–H groups in total. The van der Waals surface area contributed by atoms with Gasteiger partial charge in [-0.05, 0) is 49.2 Å². The summed E-state index contributed by atoms with van der Waals surface area (Å²) in [6.07, 6.45) is -0.0131. The van der Waals surface area contributed by atoms with Crippen LogP contribution in [0.25, 0.3) is 0 Å². The largest absolute Gasteiger partial charge is 0.462 e. The van der Waals surface area contributed by atoms with Gasteiger partial charge in [0.2, 0.25) is 0 Å². The monoisotopic (exact) mass is 385 g/mol. The standard InChI is InChI=1S/C17H17F2NO5S/c1-2-25-17(22)12-4-6-15(14(19)9-12)20-26(23,24)16-10-13(18)5-3-11(16)7-8-21/h3-6,9-10,20-21H,2,7-8H2,1H3. The van der Waals surface area contributed by atoms with E-state index in [2.05, 4.69) is 0 Å². The molecule has 2 rings (SSSR count). The van der Waals surface area contributed by atoms with Gasteiger partial charge < -0.3 is 9.84 Å². The van der Waals surface area contributed by atoms with E-state index in [1.54, 1.807) is 6.92 Å². The molecule has 0 atom stereocenters. The minimum absolute atomic E-state index is 0.0131. The van der Waals surface area contributed by atoms with Crippen molar-refractivity contribution in [3.8, 4) is 0 Å². The highest BCUT2D eigenvalue weighted by atomic mass is 32.2. The lowest BCUT2D eigenvalue weighted by atomic mass is 10.1. The van der Waals surface area contributed by atoms with E-state index in [4.69, 9.17) is 9.84 Å². The number of carbonyl (C=O) groups excluding carboxylic acids is 1. The van der Waals surface area contributed by atoms with E-state index in [-0.39, 0.29) is 30.8 Å². The Hall–Kier alpha value is -2.52. The molecule has 0 amide bonds. The van der Waals surface area contributed by atoms with Gasteiger partial charge in [0.15, 0.2) is 0 Å². The van der Waals surface area contributed by atoms with Crippen molar-refractivity contribution in [2.24, 2.45) is 0 Å². The second kappa shape index (κ2) is 8.24. The van der Waals surface area contributed by atoms with E-state index in [9.17, 15) is 22.0 Å². The van der Waals surface area contributed by atoms with Crippen molar-refractivity contribution in [3.05, 3.63) is 59.2 Å². The summed E-state index contributed by atoms with van der Waals surface area (Å²) in [5, 5.41) is 9.03. The average molecular weight is 385 g/mol. The van der Waals surface area contributed by atoms with Gasteiger partial charge in [-0.1, -0.05) is 6.07 Å². The summed E-state index contributed by atoms with van der Waals surface area (Å²) in [6, 6.07) is 6.22. The summed E-state index contributed by atoms with van der Waals surface area (Å²) >= 11 is 0. The number of ether oxygens (including phenoxy) is 1. The van der Waals surface area contributed by atoms with E-state index < -0.39 is 38.2 Å². The summed E-state index contributed by atoms with van der Waals surface area (Å²) in [5.74, 6) is -2.51. The molecule has 9 heteroatoms. The molecule has 0 unspecified atom stereocenters. The number of aliphatic hydroxyl groups excluding tert-OH is 1. The maximum Gasteiger partial charge on any atom is 0.338 e. The molecule has 6 nitrogen and oxygen atoms in total. The number of benzene rings is 2. The predicted molar refractivity (Wildman–Crippen MR) is 90.4 cm³/mol. The molecule has 0 aliphatic rings. The molecule has 0 saturated carbocycles. The van der Waals surface area contributed by atoms with E-state index in [0.717, 1.165) is 24.3 Å². The summed E-state index contributed by atoms with van der Waals surface area (Å²) in [4.78, 5) is 11.2. The van der Waals surface area contributed by atoms with Crippen LogP contribution in [0.4, 0.5) is 14.5 Å². The Balaban J connectivity index is 2.36. The van der Waals surface area contributed by atoms with Gasteiger partial charge in [-0.2, -0.15) is 0 Å². The highest BCUT2D eigenvalue weighted by Gasteiger charge is 2.21. The Morgan fingerprint density at radius 2 is 1.92 bits per heavy atom. The van der Waals surface area contributed by atoms with Crippen molar-refractivity contribution in [2.45, 2.75) is 18.2 Å². The number of halogens is 2. The second-order valence-electron chi connectivity index (χ2n) is 5.25. The Bertz CT molecular complexity index is 915. The minimum atomic E-state index is -4.31. The molecule has 0 saturated heterocycles. The van der Waals surface area contributed by atoms with Crippen LogP contribution in [0.3, 0.4) is 0 Å². The van der Waals surface area contributed by atoms with Crippen molar-refractivity contribution >= 4 is 21.7 Å². The van der Waals surface area contributed by atoms with Crippen LogP contribution in [0.1, 0.15) is 22.8 Å². The molecule has 0 spiro atoms. The number of carbonyl (C=O) groups is 1. The number of aliphatic hydroxyl groups is 1. The third kappa shape index (κ3) is 4.55. The summed E-state index contributed by atoms with van der Waals surface area (Å²) < 4.78 is 59.4. The van der Waals surface area contributed by atoms with E-state index in [1.165, 1.54) is 12.1 Å². The first kappa shape index (κ1) is 19.8. The lowest BCUT2D eigenvalue weighted by molar-refractivity contribution is 0.0526. The summed E-state index contributed by atoms with van der Waals surface area (Å²) in [7, 11) is -4.31. The fraction of sp³-hybridized carbons (Fsp3) is 0.235. The van der Waals surface area contributed by atoms with Crippen LogP contribution < -0.4 is 4.72 Å². The molecule has 2 aromatic rings. The Morgan fingerprint density at radius 3 is 2.54 bits per heavy atom. The molecular formula is C17H17F2NO5S. The average Bonchev–Trinajstić information content (AvgIpc) is 2.58. The number of anilines is 1. The molecule has 0 aliphatic carbocycles. The molecular weight excluding hydrogens is 368 g/mol. The van der Waals surface area contributed by atoms with Crippen molar-refractivity contribution in [3.63, 3.8) is 0 Å². The molecule has 2 aromatic carbocycles. The zero-order valence-corrected chi connectivity index (χ0v) is 14.6. The van der Waals surface area contributed by atoms with Crippen molar-refractivity contribution in [1.29, 1.82) is 0 Å². The lowest BCUT2D eigenvalue weighted by Crippen LogP contribution is -2.17. The molecule has 0 aromatic heterocycles. The number of esters is 1. The fourth-order valence-electron chi connectivity index (χ4n) is 2.24. The van der Waals surface area contributed by atoms with Gasteiger partial charge in [0, 0.05) is 6.61 Å². The van der Waals surface area contributed by atoms with Gasteiger partial charge in [-0.25, -0.2) is 22.0 Å². The van der Waals surface area contributed by atoms with E-state index in [0.29, 0.717) is 0 Å². The highest BCUT2D eigenvalue weighted by molar-refractivity contribution is 7.92. The van der Waals surface area contributed by atoms with Crippen LogP contribution in [0.15, 0.2) is 41.3 Å². The van der Waals surface area contributed by atoms with Crippen LogP contribution in [-0.4, -0.2) is 32.7 Å². The van der Waals surface area contributed by atoms with Crippen LogP contribution in [0, 0.1) is 11.6 Å². The number of rotatable bonds is 7. The summed E-state index contributed by atoms with van der Waals surface area (Å²) in [5.41, 5.74) is -0.291. The smallest absolute Gasteiger partial charge is 0.338 e. The van der Waals surface area contributed by atoms with E-state index >= 15 is 0 Å². The van der Waals surface area contributed by atoms with Gasteiger partial charge in [0.25, 0.3) is 10.0 Å². The maximum absolute atomic E-state index is 14.2. The predicted octanol–water partition coefficient (Wildman–Crippen LogP) is 2.48. The number of sulfonamides is 1. The van der Waals surface area contributed by atoms with Crippen LogP contribution in [0.2, 0.25) is 0 Å². The Labute approximate surface area is 149 Å². The number of hydrogen-bond acceptors (Lipinski definition) is 5. The zero-order chi connectivity index (χ0) is 19.3. The Kier molecular flexibility index (Phi) is 6.27. The SMILES string of the molecule is CCOC(=O)c1ccc(NS(=O)(=O)c2cc(F)ccc2CCO)c(F)c1.